The monoisotopic (exact) mass is 274 g/mol. The lowest BCUT2D eigenvalue weighted by Crippen LogP contribution is -2.08. The number of hydrogen-bond acceptors (Lipinski definition) is 5. The Kier molecular flexibility index (Phi) is 3.74. The highest BCUT2D eigenvalue weighted by Gasteiger charge is 2.14. The molecule has 0 bridgehead atoms. The topological polar surface area (TPSA) is 108 Å². The van der Waals surface area contributed by atoms with Crippen molar-refractivity contribution in [3.63, 3.8) is 0 Å². The van der Waals surface area contributed by atoms with Gasteiger partial charge >= 0.3 is 0 Å². The highest BCUT2D eigenvalue weighted by atomic mass is 15.3. The van der Waals surface area contributed by atoms with E-state index < -0.39 is 0 Å². The summed E-state index contributed by atoms with van der Waals surface area (Å²) in [6, 6.07) is 5.99. The molecule has 0 radical (unpaired) electrons. The van der Waals surface area contributed by atoms with E-state index in [1.807, 2.05) is 39.0 Å². The zero-order valence-electron chi connectivity index (χ0n) is 12.1. The number of nitrogen functional groups attached to an aromatic ring is 3. The fourth-order valence-electron chi connectivity index (χ4n) is 2.00. The number of benzene rings is 1. The van der Waals surface area contributed by atoms with E-state index in [2.05, 4.69) is 10.4 Å². The summed E-state index contributed by atoms with van der Waals surface area (Å²) in [5, 5.41) is 7.73. The Labute approximate surface area is 118 Å². The molecule has 20 heavy (non-hydrogen) atoms. The van der Waals surface area contributed by atoms with Crippen molar-refractivity contribution >= 4 is 22.9 Å². The fraction of sp³-hybridized carbons (Fsp3) is 0.357. The fourth-order valence-corrected chi connectivity index (χ4v) is 2.00. The lowest BCUT2D eigenvalue weighted by molar-refractivity contribution is 0.535. The Morgan fingerprint density at radius 2 is 1.95 bits per heavy atom. The molecule has 1 aromatic carbocycles. The van der Waals surface area contributed by atoms with Crippen LogP contribution in [-0.2, 0) is 6.54 Å². The Hall–Kier alpha value is -2.37. The Bertz CT molecular complexity index is 614. The zero-order chi connectivity index (χ0) is 14.9. The normalized spacial score (nSPS) is 11.0. The van der Waals surface area contributed by atoms with Crippen LogP contribution in [0.3, 0.4) is 0 Å². The van der Waals surface area contributed by atoms with Gasteiger partial charge in [0.05, 0.1) is 12.2 Å². The molecule has 6 nitrogen and oxygen atoms in total. The lowest BCUT2D eigenvalue weighted by Gasteiger charge is -2.08. The number of nitrogens with two attached hydrogens (primary N) is 3. The van der Waals surface area contributed by atoms with Crippen molar-refractivity contribution in [1.29, 1.82) is 0 Å². The first-order valence-corrected chi connectivity index (χ1v) is 6.62. The number of nitrogens with one attached hydrogen (secondary N) is 1. The molecule has 0 saturated heterocycles. The molecule has 1 aromatic heterocycles. The van der Waals surface area contributed by atoms with Gasteiger partial charge in [0.1, 0.15) is 11.5 Å². The van der Waals surface area contributed by atoms with Gasteiger partial charge in [-0.2, -0.15) is 5.10 Å². The van der Waals surface area contributed by atoms with Crippen LogP contribution >= 0.6 is 0 Å². The SMILES string of the molecule is Cc1cc(NCc2nn(C(C)C)c(N)c2N)ccc1N. The lowest BCUT2D eigenvalue weighted by atomic mass is 10.2. The van der Waals surface area contributed by atoms with Crippen LogP contribution in [0.2, 0.25) is 0 Å². The summed E-state index contributed by atoms with van der Waals surface area (Å²) >= 11 is 0. The minimum Gasteiger partial charge on any atom is -0.399 e. The average Bonchev–Trinajstić information content (AvgIpc) is 2.68. The minimum atomic E-state index is 0.185. The van der Waals surface area contributed by atoms with Crippen LogP contribution in [0.1, 0.15) is 31.1 Å². The summed E-state index contributed by atoms with van der Waals surface area (Å²) < 4.78 is 1.74. The molecule has 0 aliphatic heterocycles. The third-order valence-corrected chi connectivity index (χ3v) is 3.28. The average molecular weight is 274 g/mol. The van der Waals surface area contributed by atoms with Gasteiger partial charge in [-0.1, -0.05) is 0 Å². The summed E-state index contributed by atoms with van der Waals surface area (Å²) in [4.78, 5) is 0. The van der Waals surface area contributed by atoms with Gasteiger partial charge in [-0.3, -0.25) is 0 Å². The van der Waals surface area contributed by atoms with E-state index in [0.29, 0.717) is 18.1 Å². The second kappa shape index (κ2) is 5.32. The summed E-state index contributed by atoms with van der Waals surface area (Å²) in [6.07, 6.45) is 0. The molecule has 7 N–H and O–H groups in total. The number of hydrogen-bond donors (Lipinski definition) is 4. The molecule has 0 atom stereocenters. The molecule has 1 heterocycles. The van der Waals surface area contributed by atoms with Crippen molar-refractivity contribution in [2.45, 2.75) is 33.4 Å². The highest BCUT2D eigenvalue weighted by Crippen LogP contribution is 2.24. The van der Waals surface area contributed by atoms with Crippen molar-refractivity contribution < 1.29 is 0 Å². The molecule has 0 unspecified atom stereocenters. The number of anilines is 4. The molecule has 0 spiro atoms. The van der Waals surface area contributed by atoms with E-state index >= 15 is 0 Å². The molecule has 0 aliphatic rings. The van der Waals surface area contributed by atoms with E-state index in [-0.39, 0.29) is 6.04 Å². The van der Waals surface area contributed by atoms with E-state index in [9.17, 15) is 0 Å². The second-order valence-corrected chi connectivity index (χ2v) is 5.21. The number of rotatable bonds is 4. The van der Waals surface area contributed by atoms with Crippen molar-refractivity contribution in [3.05, 3.63) is 29.5 Å². The Morgan fingerprint density at radius 3 is 2.50 bits per heavy atom. The Morgan fingerprint density at radius 1 is 1.25 bits per heavy atom. The van der Waals surface area contributed by atoms with Gasteiger partial charge in [0.15, 0.2) is 0 Å². The maximum Gasteiger partial charge on any atom is 0.145 e. The third kappa shape index (κ3) is 2.64. The quantitative estimate of drug-likeness (QED) is 0.639. The second-order valence-electron chi connectivity index (χ2n) is 5.21. The van der Waals surface area contributed by atoms with Crippen LogP contribution in [-0.4, -0.2) is 9.78 Å². The van der Waals surface area contributed by atoms with Crippen molar-refractivity contribution in [3.8, 4) is 0 Å². The van der Waals surface area contributed by atoms with E-state index in [1.165, 1.54) is 0 Å². The predicted octanol–water partition coefficient (Wildman–Crippen LogP) is 2.13. The standard InChI is InChI=1S/C14H22N6/c1-8(2)20-14(17)13(16)12(19-20)7-18-10-4-5-11(15)9(3)6-10/h4-6,8,18H,7,15-17H2,1-3H3. The summed E-state index contributed by atoms with van der Waals surface area (Å²) in [5.74, 6) is 0.519. The maximum atomic E-state index is 5.99. The summed E-state index contributed by atoms with van der Waals surface area (Å²) in [7, 11) is 0. The number of aryl methyl sites for hydroxylation is 1. The van der Waals surface area contributed by atoms with Crippen LogP contribution in [0, 0.1) is 6.92 Å². The van der Waals surface area contributed by atoms with Crippen LogP contribution in [0.15, 0.2) is 18.2 Å². The van der Waals surface area contributed by atoms with Crippen molar-refractivity contribution in [2.75, 3.05) is 22.5 Å². The highest BCUT2D eigenvalue weighted by molar-refractivity contribution is 5.63. The number of nitrogens with zero attached hydrogens (tertiary/aromatic N) is 2. The molecule has 6 heteroatoms. The van der Waals surface area contributed by atoms with Gasteiger partial charge in [-0.05, 0) is 44.5 Å². The van der Waals surface area contributed by atoms with Gasteiger partial charge in [0.25, 0.3) is 0 Å². The van der Waals surface area contributed by atoms with Gasteiger partial charge in [0, 0.05) is 17.4 Å². The molecular formula is C14H22N6. The zero-order valence-corrected chi connectivity index (χ0v) is 12.1. The van der Waals surface area contributed by atoms with E-state index in [4.69, 9.17) is 17.2 Å². The molecule has 0 saturated carbocycles. The predicted molar refractivity (Wildman–Crippen MR) is 84.4 cm³/mol. The minimum absolute atomic E-state index is 0.185. The summed E-state index contributed by atoms with van der Waals surface area (Å²) in [6.45, 7) is 6.53. The van der Waals surface area contributed by atoms with Crippen LogP contribution in [0.5, 0.6) is 0 Å². The first kappa shape index (κ1) is 14.0. The van der Waals surface area contributed by atoms with Gasteiger partial charge in [0.2, 0.25) is 0 Å². The van der Waals surface area contributed by atoms with Crippen LogP contribution in [0.4, 0.5) is 22.9 Å². The largest absolute Gasteiger partial charge is 0.399 e. The molecule has 2 aromatic rings. The third-order valence-electron chi connectivity index (χ3n) is 3.28. The maximum absolute atomic E-state index is 5.99. The smallest absolute Gasteiger partial charge is 0.145 e. The molecule has 0 fully saturated rings. The summed E-state index contributed by atoms with van der Waals surface area (Å²) in [5.41, 5.74) is 21.8. The molecule has 0 amide bonds. The number of aromatic nitrogens is 2. The Balaban J connectivity index is 2.14. The van der Waals surface area contributed by atoms with Gasteiger partial charge in [-0.25, -0.2) is 4.68 Å². The molecule has 108 valence electrons. The van der Waals surface area contributed by atoms with Crippen molar-refractivity contribution in [1.82, 2.24) is 9.78 Å². The van der Waals surface area contributed by atoms with Crippen LogP contribution in [0.25, 0.3) is 0 Å². The van der Waals surface area contributed by atoms with E-state index in [1.54, 1.807) is 4.68 Å². The first-order valence-electron chi connectivity index (χ1n) is 6.62. The van der Waals surface area contributed by atoms with Crippen LogP contribution < -0.4 is 22.5 Å². The van der Waals surface area contributed by atoms with E-state index in [0.717, 1.165) is 22.6 Å². The molecule has 2 rings (SSSR count). The van der Waals surface area contributed by atoms with Gasteiger partial charge < -0.3 is 22.5 Å². The first-order chi connectivity index (χ1) is 9.40. The van der Waals surface area contributed by atoms with Gasteiger partial charge in [-0.15, -0.1) is 0 Å². The van der Waals surface area contributed by atoms with Crippen molar-refractivity contribution in [2.24, 2.45) is 0 Å². The molecule has 0 aliphatic carbocycles. The molecular weight excluding hydrogens is 252 g/mol.